The van der Waals surface area contributed by atoms with E-state index in [4.69, 9.17) is 13.3 Å². The first-order chi connectivity index (χ1) is 14.6. The van der Waals surface area contributed by atoms with Crippen LogP contribution in [0.2, 0.25) is 6.04 Å². The number of hydrogen-bond acceptors (Lipinski definition) is 3. The number of hydrogen-bond donors (Lipinski definition) is 0. The van der Waals surface area contributed by atoms with Gasteiger partial charge in [0, 0.05) is 32.3 Å². The van der Waals surface area contributed by atoms with Gasteiger partial charge >= 0.3 is 44.3 Å². The Morgan fingerprint density at radius 2 is 0.939 bits per heavy atom. The van der Waals surface area contributed by atoms with E-state index in [1.807, 2.05) is 0 Å². The summed E-state index contributed by atoms with van der Waals surface area (Å²) in [5, 5.41) is 0. The minimum absolute atomic E-state index is 0.287. The summed E-state index contributed by atoms with van der Waals surface area (Å²) in [5.74, 6) is -43.1. The molecule has 0 bridgehead atoms. The molecule has 0 aromatic rings. The van der Waals surface area contributed by atoms with Crippen LogP contribution in [0.5, 0.6) is 0 Å². The fourth-order valence-corrected chi connectivity index (χ4v) is 5.17. The van der Waals surface area contributed by atoms with Crippen molar-refractivity contribution in [3.8, 4) is 0 Å². The van der Waals surface area contributed by atoms with Crippen LogP contribution in [0.4, 0.5) is 57.1 Å². The van der Waals surface area contributed by atoms with Crippen LogP contribution in [0.1, 0.15) is 34.1 Å². The lowest BCUT2D eigenvalue weighted by Gasteiger charge is -2.42. The van der Waals surface area contributed by atoms with Crippen molar-refractivity contribution in [2.24, 2.45) is 0 Å². The molecule has 0 rings (SSSR count). The highest BCUT2D eigenvalue weighted by molar-refractivity contribution is 6.60. The van der Waals surface area contributed by atoms with Crippen LogP contribution in [0.25, 0.3) is 0 Å². The van der Waals surface area contributed by atoms with E-state index in [0.717, 1.165) is 0 Å². The van der Waals surface area contributed by atoms with Crippen LogP contribution >= 0.6 is 0 Å². The van der Waals surface area contributed by atoms with Crippen LogP contribution in [-0.4, -0.2) is 70.3 Å². The van der Waals surface area contributed by atoms with Gasteiger partial charge in [0.1, 0.15) is 0 Å². The van der Waals surface area contributed by atoms with E-state index in [-0.39, 0.29) is 19.8 Å². The van der Waals surface area contributed by atoms with E-state index in [9.17, 15) is 57.1 Å². The molecule has 1 unspecified atom stereocenters. The monoisotopic (exact) mass is 538 g/mol. The largest absolute Gasteiger partial charge is 0.501 e. The summed E-state index contributed by atoms with van der Waals surface area (Å²) in [4.78, 5) is 0. The SMILES string of the molecule is CCO[Si](CCC(F)(F)C(F)(F)C(F)(F)C(F)(F)C(F)(F)C(F)(F)C(C)F)(OCC)OCC. The van der Waals surface area contributed by atoms with Crippen molar-refractivity contribution in [3.63, 3.8) is 0 Å². The molecule has 0 N–H and O–H groups in total. The maximum Gasteiger partial charge on any atom is 0.501 e. The van der Waals surface area contributed by atoms with Gasteiger partial charge in [-0.1, -0.05) is 0 Å². The normalized spacial score (nSPS) is 16.3. The van der Waals surface area contributed by atoms with Crippen LogP contribution in [-0.2, 0) is 13.3 Å². The first-order valence-electron chi connectivity index (χ1n) is 9.41. The predicted molar refractivity (Wildman–Crippen MR) is 90.3 cm³/mol. The van der Waals surface area contributed by atoms with Crippen molar-refractivity contribution in [2.45, 2.75) is 81.9 Å². The van der Waals surface area contributed by atoms with Gasteiger partial charge in [-0.25, -0.2) is 4.39 Å². The highest BCUT2D eigenvalue weighted by Crippen LogP contribution is 2.61. The molecular weight excluding hydrogens is 515 g/mol. The van der Waals surface area contributed by atoms with Crippen molar-refractivity contribution in [3.05, 3.63) is 0 Å². The quantitative estimate of drug-likeness (QED) is 0.174. The predicted octanol–water partition coefficient (Wildman–Crippen LogP) is 6.59. The van der Waals surface area contributed by atoms with E-state index in [0.29, 0.717) is 0 Å². The maximum absolute atomic E-state index is 14.1. The molecule has 0 spiro atoms. The van der Waals surface area contributed by atoms with Gasteiger partial charge < -0.3 is 13.3 Å². The Hall–Kier alpha value is -0.813. The van der Waals surface area contributed by atoms with Gasteiger partial charge in [-0.3, -0.25) is 0 Å². The lowest BCUT2D eigenvalue weighted by Crippen LogP contribution is -2.71. The van der Waals surface area contributed by atoms with Crippen molar-refractivity contribution in [1.29, 1.82) is 0 Å². The Labute approximate surface area is 181 Å². The maximum atomic E-state index is 14.1. The molecular formula is C16H23F13O3Si. The fourth-order valence-electron chi connectivity index (χ4n) is 2.55. The molecule has 200 valence electrons. The van der Waals surface area contributed by atoms with E-state index in [1.165, 1.54) is 20.8 Å². The number of halogens is 13. The summed E-state index contributed by atoms with van der Waals surface area (Å²) in [6.07, 6.45) is -6.61. The minimum Gasteiger partial charge on any atom is -0.374 e. The smallest absolute Gasteiger partial charge is 0.374 e. The molecule has 0 aromatic heterocycles. The standard InChI is InChI=1S/C16H23F13O3Si/c1-5-30-33(31-6-2,32-7-3)9-8-11(18,19)13(22,23)15(26,27)16(28,29)14(24,25)12(20,21)10(4)17/h10H,5-9H2,1-4H3. The summed E-state index contributed by atoms with van der Waals surface area (Å²) in [7, 11) is -4.23. The third-order valence-corrected chi connectivity index (χ3v) is 7.45. The average Bonchev–Trinajstić information content (AvgIpc) is 2.66. The van der Waals surface area contributed by atoms with Crippen LogP contribution in [0, 0.1) is 0 Å². The van der Waals surface area contributed by atoms with E-state index in [2.05, 4.69) is 0 Å². The molecule has 3 nitrogen and oxygen atoms in total. The average molecular weight is 538 g/mol. The van der Waals surface area contributed by atoms with E-state index >= 15 is 0 Å². The third-order valence-electron chi connectivity index (χ3n) is 4.40. The zero-order valence-corrected chi connectivity index (χ0v) is 18.8. The van der Waals surface area contributed by atoms with Gasteiger partial charge in [-0.2, -0.15) is 52.7 Å². The summed E-state index contributed by atoms with van der Waals surface area (Å²) < 4.78 is 192. The topological polar surface area (TPSA) is 27.7 Å². The van der Waals surface area contributed by atoms with Gasteiger partial charge in [0.15, 0.2) is 6.17 Å². The van der Waals surface area contributed by atoms with Crippen molar-refractivity contribution < 1.29 is 70.4 Å². The summed E-state index contributed by atoms with van der Waals surface area (Å²) >= 11 is 0. The molecule has 0 radical (unpaired) electrons. The highest BCUT2D eigenvalue weighted by atomic mass is 28.4. The molecule has 0 aliphatic carbocycles. The van der Waals surface area contributed by atoms with Gasteiger partial charge in [-0.15, -0.1) is 0 Å². The Balaban J connectivity index is 6.25. The molecule has 17 heteroatoms. The molecule has 1 atom stereocenters. The zero-order chi connectivity index (χ0) is 26.7. The zero-order valence-electron chi connectivity index (χ0n) is 17.8. The number of rotatable bonds is 15. The lowest BCUT2D eigenvalue weighted by molar-refractivity contribution is -0.428. The second kappa shape index (κ2) is 10.4. The molecule has 0 saturated heterocycles. The molecule has 0 aliphatic heterocycles. The van der Waals surface area contributed by atoms with Crippen molar-refractivity contribution in [1.82, 2.24) is 0 Å². The van der Waals surface area contributed by atoms with Gasteiger partial charge in [0.05, 0.1) is 0 Å². The Morgan fingerprint density at radius 1 is 0.606 bits per heavy atom. The molecule has 0 aliphatic rings. The summed E-state index contributed by atoms with van der Waals surface area (Å²) in [6, 6.07) is -1.35. The summed E-state index contributed by atoms with van der Waals surface area (Å²) in [6.45, 7) is 2.61. The molecule has 0 saturated carbocycles. The molecule has 33 heavy (non-hydrogen) atoms. The van der Waals surface area contributed by atoms with Gasteiger partial charge in [-0.05, 0) is 27.7 Å². The fraction of sp³-hybridized carbons (Fsp3) is 1.00. The highest BCUT2D eigenvalue weighted by Gasteiger charge is 2.90. The molecule has 0 amide bonds. The third kappa shape index (κ3) is 5.55. The first kappa shape index (κ1) is 32.2. The van der Waals surface area contributed by atoms with Crippen LogP contribution in [0.15, 0.2) is 0 Å². The first-order valence-corrected chi connectivity index (χ1v) is 11.3. The van der Waals surface area contributed by atoms with Gasteiger partial charge in [0.25, 0.3) is 0 Å². The van der Waals surface area contributed by atoms with E-state index in [1.54, 1.807) is 0 Å². The van der Waals surface area contributed by atoms with Gasteiger partial charge in [0.2, 0.25) is 0 Å². The van der Waals surface area contributed by atoms with E-state index < -0.39 is 69.9 Å². The summed E-state index contributed by atoms with van der Waals surface area (Å²) in [5.41, 5.74) is 0. The number of alkyl halides is 13. The van der Waals surface area contributed by atoms with Crippen LogP contribution in [0.3, 0.4) is 0 Å². The second-order valence-electron chi connectivity index (χ2n) is 6.72. The Morgan fingerprint density at radius 3 is 1.24 bits per heavy atom. The Kier molecular flexibility index (Phi) is 10.2. The molecule has 0 fully saturated rings. The van der Waals surface area contributed by atoms with Crippen molar-refractivity contribution >= 4 is 8.80 Å². The Bertz CT molecular complexity index is 612. The molecule has 0 heterocycles. The van der Waals surface area contributed by atoms with Crippen LogP contribution < -0.4 is 0 Å². The second-order valence-corrected chi connectivity index (χ2v) is 9.46. The minimum atomic E-state index is -7.80. The molecule has 0 aromatic carbocycles. The lowest BCUT2D eigenvalue weighted by atomic mass is 9.89. The van der Waals surface area contributed by atoms with Crippen molar-refractivity contribution in [2.75, 3.05) is 19.8 Å².